The molecular formula is C17H34N2O. The molecule has 2 fully saturated rings. The van der Waals surface area contributed by atoms with Crippen molar-refractivity contribution in [1.29, 1.82) is 0 Å². The zero-order valence-corrected chi connectivity index (χ0v) is 14.2. The van der Waals surface area contributed by atoms with Crippen LogP contribution in [0.5, 0.6) is 0 Å². The van der Waals surface area contributed by atoms with E-state index in [0.29, 0.717) is 29.5 Å². The third-order valence-corrected chi connectivity index (χ3v) is 6.79. The summed E-state index contributed by atoms with van der Waals surface area (Å²) in [6.45, 7) is 12.9. The van der Waals surface area contributed by atoms with Crippen molar-refractivity contribution >= 4 is 0 Å². The molecule has 0 bridgehead atoms. The molecule has 5 unspecified atom stereocenters. The number of nitrogens with one attached hydrogen (secondary N) is 1. The van der Waals surface area contributed by atoms with Crippen LogP contribution in [0.25, 0.3) is 0 Å². The third-order valence-electron chi connectivity index (χ3n) is 6.79. The Hall–Kier alpha value is -0.120. The zero-order valence-electron chi connectivity index (χ0n) is 14.2. The lowest BCUT2D eigenvalue weighted by Crippen LogP contribution is -2.62. The standard InChI is InChI=1S/C17H34N2O/c1-11-13(18)8-7-12(16(11,2)3)10-19-14-9-15(20-6)17(14,4)5/h11-15,19H,7-10,18H2,1-6H3. The van der Waals surface area contributed by atoms with Gasteiger partial charge in [0.05, 0.1) is 6.10 Å². The van der Waals surface area contributed by atoms with Gasteiger partial charge in [0.2, 0.25) is 0 Å². The minimum Gasteiger partial charge on any atom is -0.381 e. The summed E-state index contributed by atoms with van der Waals surface area (Å²) in [4.78, 5) is 0. The van der Waals surface area contributed by atoms with Crippen LogP contribution in [0.4, 0.5) is 0 Å². The van der Waals surface area contributed by atoms with E-state index in [1.54, 1.807) is 0 Å². The number of hydrogen-bond acceptors (Lipinski definition) is 3. The maximum atomic E-state index is 6.25. The van der Waals surface area contributed by atoms with Crippen molar-refractivity contribution in [2.75, 3.05) is 13.7 Å². The number of rotatable bonds is 4. The van der Waals surface area contributed by atoms with E-state index in [0.717, 1.165) is 18.9 Å². The average molecular weight is 282 g/mol. The Morgan fingerprint density at radius 2 is 1.80 bits per heavy atom. The molecular weight excluding hydrogens is 248 g/mol. The van der Waals surface area contributed by atoms with Crippen LogP contribution in [-0.2, 0) is 4.74 Å². The summed E-state index contributed by atoms with van der Waals surface area (Å²) in [5.74, 6) is 1.33. The van der Waals surface area contributed by atoms with Gasteiger partial charge in [-0.25, -0.2) is 0 Å². The Bertz CT molecular complexity index is 340. The van der Waals surface area contributed by atoms with Gasteiger partial charge in [-0.1, -0.05) is 34.6 Å². The third kappa shape index (κ3) is 2.65. The highest BCUT2D eigenvalue weighted by Crippen LogP contribution is 2.46. The molecule has 2 aliphatic carbocycles. The maximum absolute atomic E-state index is 6.25. The second-order valence-electron chi connectivity index (χ2n) is 8.29. The summed E-state index contributed by atoms with van der Waals surface area (Å²) in [6.07, 6.45) is 3.98. The first kappa shape index (κ1) is 16.3. The van der Waals surface area contributed by atoms with Gasteiger partial charge in [-0.05, 0) is 43.1 Å². The highest BCUT2D eigenvalue weighted by Gasteiger charge is 2.49. The smallest absolute Gasteiger partial charge is 0.0652 e. The molecule has 3 nitrogen and oxygen atoms in total. The van der Waals surface area contributed by atoms with E-state index in [1.165, 1.54) is 12.8 Å². The molecule has 0 aromatic heterocycles. The summed E-state index contributed by atoms with van der Waals surface area (Å²) in [6, 6.07) is 0.966. The Kier molecular flexibility index (Phi) is 4.54. The number of nitrogens with two attached hydrogens (primary N) is 1. The average Bonchev–Trinajstić information content (AvgIpc) is 2.37. The fourth-order valence-electron chi connectivity index (χ4n) is 4.22. The minimum atomic E-state index is 0.260. The fourth-order valence-corrected chi connectivity index (χ4v) is 4.22. The van der Waals surface area contributed by atoms with Crippen LogP contribution in [0.1, 0.15) is 53.9 Å². The van der Waals surface area contributed by atoms with Gasteiger partial charge in [-0.15, -0.1) is 0 Å². The van der Waals surface area contributed by atoms with E-state index >= 15 is 0 Å². The number of ether oxygens (including phenoxy) is 1. The molecule has 0 heterocycles. The molecule has 0 amide bonds. The predicted molar refractivity (Wildman–Crippen MR) is 84.6 cm³/mol. The van der Waals surface area contributed by atoms with Gasteiger partial charge >= 0.3 is 0 Å². The first-order valence-corrected chi connectivity index (χ1v) is 8.23. The van der Waals surface area contributed by atoms with Crippen molar-refractivity contribution < 1.29 is 4.74 Å². The van der Waals surface area contributed by atoms with Crippen LogP contribution in [0.2, 0.25) is 0 Å². The second kappa shape index (κ2) is 5.58. The lowest BCUT2D eigenvalue weighted by molar-refractivity contribution is -0.100. The van der Waals surface area contributed by atoms with Crippen LogP contribution in [0.3, 0.4) is 0 Å². The number of hydrogen-bond donors (Lipinski definition) is 2. The van der Waals surface area contributed by atoms with Crippen molar-refractivity contribution in [3.05, 3.63) is 0 Å². The summed E-state index contributed by atoms with van der Waals surface area (Å²) in [7, 11) is 1.83. The van der Waals surface area contributed by atoms with Gasteiger partial charge in [0, 0.05) is 24.6 Å². The quantitative estimate of drug-likeness (QED) is 0.833. The largest absolute Gasteiger partial charge is 0.381 e. The summed E-state index contributed by atoms with van der Waals surface area (Å²) in [5, 5.41) is 3.81. The fraction of sp³-hybridized carbons (Fsp3) is 1.00. The first-order chi connectivity index (χ1) is 9.21. The monoisotopic (exact) mass is 282 g/mol. The van der Waals surface area contributed by atoms with Crippen molar-refractivity contribution in [2.24, 2.45) is 28.4 Å². The first-order valence-electron chi connectivity index (χ1n) is 8.23. The summed E-state index contributed by atoms with van der Waals surface area (Å²) < 4.78 is 5.54. The second-order valence-corrected chi connectivity index (χ2v) is 8.29. The highest BCUT2D eigenvalue weighted by molar-refractivity contribution is 5.03. The zero-order chi connectivity index (χ0) is 15.1. The lowest BCUT2D eigenvalue weighted by atomic mass is 9.60. The van der Waals surface area contributed by atoms with Crippen LogP contribution >= 0.6 is 0 Å². The molecule has 2 rings (SSSR count). The van der Waals surface area contributed by atoms with Crippen molar-refractivity contribution in [3.63, 3.8) is 0 Å². The van der Waals surface area contributed by atoms with Crippen LogP contribution < -0.4 is 11.1 Å². The predicted octanol–water partition coefficient (Wildman–Crippen LogP) is 2.79. The molecule has 2 saturated carbocycles. The lowest BCUT2D eigenvalue weighted by Gasteiger charge is -2.53. The van der Waals surface area contributed by atoms with Gasteiger partial charge in [0.1, 0.15) is 0 Å². The van der Waals surface area contributed by atoms with Crippen LogP contribution in [0.15, 0.2) is 0 Å². The SMILES string of the molecule is COC1CC(NCC2CCC(N)C(C)C2(C)C)C1(C)C. The van der Waals surface area contributed by atoms with Gasteiger partial charge in [0.25, 0.3) is 0 Å². The summed E-state index contributed by atoms with van der Waals surface area (Å²) >= 11 is 0. The van der Waals surface area contributed by atoms with Gasteiger partial charge in [0.15, 0.2) is 0 Å². The topological polar surface area (TPSA) is 47.3 Å². The molecule has 3 heteroatoms. The molecule has 118 valence electrons. The molecule has 0 radical (unpaired) electrons. The Morgan fingerprint density at radius 1 is 1.15 bits per heavy atom. The van der Waals surface area contributed by atoms with Crippen molar-refractivity contribution in [2.45, 2.75) is 72.1 Å². The van der Waals surface area contributed by atoms with E-state index in [4.69, 9.17) is 10.5 Å². The molecule has 0 spiro atoms. The van der Waals surface area contributed by atoms with E-state index < -0.39 is 0 Å². The molecule has 0 aromatic carbocycles. The van der Waals surface area contributed by atoms with Crippen LogP contribution in [0, 0.1) is 22.7 Å². The molecule has 0 aliphatic heterocycles. The minimum absolute atomic E-state index is 0.260. The molecule has 20 heavy (non-hydrogen) atoms. The Labute approximate surface area is 125 Å². The molecule has 2 aliphatic rings. The normalized spacial score (nSPS) is 43.0. The highest BCUT2D eigenvalue weighted by atomic mass is 16.5. The Morgan fingerprint density at radius 3 is 2.35 bits per heavy atom. The van der Waals surface area contributed by atoms with E-state index in [2.05, 4.69) is 39.9 Å². The van der Waals surface area contributed by atoms with Gasteiger partial charge in [-0.2, -0.15) is 0 Å². The number of methoxy groups -OCH3 is 1. The van der Waals surface area contributed by atoms with E-state index in [9.17, 15) is 0 Å². The molecule has 3 N–H and O–H groups in total. The maximum Gasteiger partial charge on any atom is 0.0652 e. The summed E-state index contributed by atoms with van der Waals surface area (Å²) in [5.41, 5.74) is 6.84. The van der Waals surface area contributed by atoms with Gasteiger partial charge in [-0.3, -0.25) is 0 Å². The molecule has 0 aromatic rings. The van der Waals surface area contributed by atoms with Crippen molar-refractivity contribution in [3.8, 4) is 0 Å². The van der Waals surface area contributed by atoms with Crippen LogP contribution in [-0.4, -0.2) is 31.8 Å². The van der Waals surface area contributed by atoms with E-state index in [-0.39, 0.29) is 5.41 Å². The molecule has 0 saturated heterocycles. The van der Waals surface area contributed by atoms with E-state index in [1.807, 2.05) is 7.11 Å². The molecule has 5 atom stereocenters. The van der Waals surface area contributed by atoms with Gasteiger partial charge < -0.3 is 15.8 Å². The Balaban J connectivity index is 1.89. The van der Waals surface area contributed by atoms with Crippen molar-refractivity contribution in [1.82, 2.24) is 5.32 Å².